The van der Waals surface area contributed by atoms with E-state index >= 15 is 0 Å². The van der Waals surface area contributed by atoms with Crippen molar-refractivity contribution in [3.05, 3.63) is 83.0 Å². The van der Waals surface area contributed by atoms with E-state index in [0.717, 1.165) is 11.1 Å². The highest BCUT2D eigenvalue weighted by Crippen LogP contribution is 2.33. The van der Waals surface area contributed by atoms with Crippen molar-refractivity contribution in [2.45, 2.75) is 26.0 Å². The lowest BCUT2D eigenvalue weighted by molar-refractivity contribution is 0.0313. The topological polar surface area (TPSA) is 101 Å². The van der Waals surface area contributed by atoms with Crippen LogP contribution in [-0.4, -0.2) is 77.4 Å². The molecule has 2 aliphatic rings. The van der Waals surface area contributed by atoms with Crippen LogP contribution in [0.5, 0.6) is 17.4 Å². The van der Waals surface area contributed by atoms with Gasteiger partial charge in [-0.15, -0.1) is 0 Å². The predicted octanol–water partition coefficient (Wildman–Crippen LogP) is 3.97. The molecule has 9 heteroatoms. The number of likely N-dealkylation sites (N-methyl/N-ethyl adjacent to an activating group) is 1. The van der Waals surface area contributed by atoms with Gasteiger partial charge in [0.15, 0.2) is 11.5 Å². The Labute approximate surface area is 233 Å². The van der Waals surface area contributed by atoms with Crippen LogP contribution in [-0.2, 0) is 0 Å². The second kappa shape index (κ2) is 11.8. The van der Waals surface area contributed by atoms with Gasteiger partial charge in [0.2, 0.25) is 12.7 Å². The van der Waals surface area contributed by atoms with Gasteiger partial charge in [0.25, 0.3) is 11.8 Å². The van der Waals surface area contributed by atoms with Gasteiger partial charge < -0.3 is 29.1 Å². The number of carbonyl (C=O) groups excluding carboxylic acids is 2. The molecule has 1 aromatic heterocycles. The largest absolute Gasteiger partial charge is 0.472 e. The lowest BCUT2D eigenvalue weighted by Crippen LogP contribution is -2.50. The molecule has 0 saturated heterocycles. The van der Waals surface area contributed by atoms with Crippen LogP contribution >= 0.6 is 0 Å². The molecule has 208 valence electrons. The summed E-state index contributed by atoms with van der Waals surface area (Å²) in [5, 5.41) is 9.92. The molecule has 0 fully saturated rings. The number of fused-ring (bicyclic) bond motifs is 2. The average molecular weight is 544 g/mol. The van der Waals surface area contributed by atoms with E-state index in [-0.39, 0.29) is 43.6 Å². The Morgan fingerprint density at radius 3 is 2.65 bits per heavy atom. The molecule has 5 rings (SSSR count). The summed E-state index contributed by atoms with van der Waals surface area (Å²) in [5.74, 6) is 0.753. The molecule has 2 aromatic carbocycles. The molecule has 3 aromatic rings. The lowest BCUT2D eigenvalue weighted by Gasteiger charge is -2.37. The Kier molecular flexibility index (Phi) is 8.02. The molecule has 40 heavy (non-hydrogen) atoms. The van der Waals surface area contributed by atoms with Crippen LogP contribution in [0.3, 0.4) is 0 Å². The second-order valence-corrected chi connectivity index (χ2v) is 10.2. The van der Waals surface area contributed by atoms with Crippen molar-refractivity contribution in [1.29, 1.82) is 0 Å². The van der Waals surface area contributed by atoms with Crippen molar-refractivity contribution in [1.82, 2.24) is 14.8 Å². The molecule has 1 N–H and O–H groups in total. The lowest BCUT2D eigenvalue weighted by atomic mass is 9.99. The van der Waals surface area contributed by atoms with Crippen LogP contribution in [0.2, 0.25) is 0 Å². The molecule has 0 aliphatic carbocycles. The van der Waals surface area contributed by atoms with E-state index in [1.807, 2.05) is 56.3 Å². The fourth-order valence-corrected chi connectivity index (χ4v) is 4.79. The van der Waals surface area contributed by atoms with Gasteiger partial charge in [0, 0.05) is 31.3 Å². The van der Waals surface area contributed by atoms with Gasteiger partial charge in [0.1, 0.15) is 11.7 Å². The van der Waals surface area contributed by atoms with E-state index in [0.29, 0.717) is 29.2 Å². The molecule has 2 amide bonds. The summed E-state index contributed by atoms with van der Waals surface area (Å²) in [4.78, 5) is 34.7. The van der Waals surface area contributed by atoms with Gasteiger partial charge >= 0.3 is 0 Å². The number of carbonyl (C=O) groups is 2. The zero-order valence-electron chi connectivity index (χ0n) is 22.8. The van der Waals surface area contributed by atoms with Crippen molar-refractivity contribution in [2.24, 2.45) is 5.92 Å². The van der Waals surface area contributed by atoms with E-state index in [1.54, 1.807) is 47.3 Å². The summed E-state index contributed by atoms with van der Waals surface area (Å²) >= 11 is 0. The molecule has 0 unspecified atom stereocenters. The highest BCUT2D eigenvalue weighted by atomic mass is 16.7. The molecule has 0 saturated carbocycles. The molecule has 0 spiro atoms. The third kappa shape index (κ3) is 5.79. The van der Waals surface area contributed by atoms with Crippen LogP contribution < -0.4 is 14.2 Å². The minimum atomic E-state index is -0.457. The van der Waals surface area contributed by atoms with E-state index in [9.17, 15) is 14.7 Å². The van der Waals surface area contributed by atoms with Gasteiger partial charge in [-0.2, -0.15) is 0 Å². The summed E-state index contributed by atoms with van der Waals surface area (Å²) in [6.45, 7) is 4.35. The molecule has 3 heterocycles. The van der Waals surface area contributed by atoms with Gasteiger partial charge in [-0.3, -0.25) is 9.59 Å². The van der Waals surface area contributed by atoms with Crippen molar-refractivity contribution in [2.75, 3.05) is 33.5 Å². The fraction of sp³-hybridized carbons (Fsp3) is 0.323. The molecule has 3 atom stereocenters. The SMILES string of the molecule is C[C@H]1CN([C@@H](C)CO)C(=O)c2cc(C=Cc3ccccc3)cnc2O[C@@H]1CN(C)C(=O)c1ccc2c(c1)OCO2. The number of aromatic nitrogens is 1. The minimum absolute atomic E-state index is 0.133. The zero-order chi connectivity index (χ0) is 28.2. The Bertz CT molecular complexity index is 1410. The standard InChI is InChI=1S/C31H33N3O6/c1-20-16-34(21(2)18-35)31(37)25-13-23(10-9-22-7-5-4-6-8-22)15-32-29(25)40-28(20)17-33(3)30(36)24-11-12-26-27(14-24)39-19-38-26/h4-15,20-21,28,35H,16-19H2,1-3H3/t20-,21-,28+/m0/s1. The zero-order valence-corrected chi connectivity index (χ0v) is 22.8. The minimum Gasteiger partial charge on any atom is -0.472 e. The maximum atomic E-state index is 13.7. The third-order valence-corrected chi connectivity index (χ3v) is 7.23. The molecule has 9 nitrogen and oxygen atoms in total. The van der Waals surface area contributed by atoms with E-state index < -0.39 is 12.1 Å². The second-order valence-electron chi connectivity index (χ2n) is 10.2. The summed E-state index contributed by atoms with van der Waals surface area (Å²) in [6.07, 6.45) is 5.05. The van der Waals surface area contributed by atoms with E-state index in [4.69, 9.17) is 14.2 Å². The van der Waals surface area contributed by atoms with Crippen molar-refractivity contribution in [3.63, 3.8) is 0 Å². The summed E-state index contributed by atoms with van der Waals surface area (Å²) in [5.41, 5.74) is 2.56. The number of hydrogen-bond donors (Lipinski definition) is 1. The quantitative estimate of drug-likeness (QED) is 0.481. The first-order chi connectivity index (χ1) is 19.3. The fourth-order valence-electron chi connectivity index (χ4n) is 4.79. The monoisotopic (exact) mass is 543 g/mol. The number of ether oxygens (including phenoxy) is 3. The number of pyridine rings is 1. The summed E-state index contributed by atoms with van der Waals surface area (Å²) in [7, 11) is 1.72. The first kappa shape index (κ1) is 27.2. The first-order valence-corrected chi connectivity index (χ1v) is 13.3. The number of aliphatic hydroxyl groups excluding tert-OH is 1. The number of nitrogens with zero attached hydrogens (tertiary/aromatic N) is 3. The molecule has 2 aliphatic heterocycles. The smallest absolute Gasteiger partial charge is 0.259 e. The maximum Gasteiger partial charge on any atom is 0.259 e. The normalized spacial score (nSPS) is 19.0. The van der Waals surface area contributed by atoms with Crippen molar-refractivity contribution >= 4 is 24.0 Å². The van der Waals surface area contributed by atoms with Crippen LogP contribution in [0, 0.1) is 5.92 Å². The number of benzene rings is 2. The molecule has 0 radical (unpaired) electrons. The van der Waals surface area contributed by atoms with Gasteiger partial charge in [-0.1, -0.05) is 49.4 Å². The van der Waals surface area contributed by atoms with E-state index in [1.165, 1.54) is 0 Å². The maximum absolute atomic E-state index is 13.7. The van der Waals surface area contributed by atoms with Gasteiger partial charge in [-0.05, 0) is 42.3 Å². The Balaban J connectivity index is 1.41. The molecular weight excluding hydrogens is 510 g/mol. The summed E-state index contributed by atoms with van der Waals surface area (Å²) < 4.78 is 17.1. The van der Waals surface area contributed by atoms with Crippen LogP contribution in [0.4, 0.5) is 0 Å². The number of aliphatic hydroxyl groups is 1. The predicted molar refractivity (Wildman–Crippen MR) is 150 cm³/mol. The number of amides is 2. The first-order valence-electron chi connectivity index (χ1n) is 13.3. The van der Waals surface area contributed by atoms with Crippen molar-refractivity contribution < 1.29 is 28.9 Å². The Hall–Kier alpha value is -4.37. The van der Waals surface area contributed by atoms with Crippen LogP contribution in [0.1, 0.15) is 45.7 Å². The van der Waals surface area contributed by atoms with Gasteiger partial charge in [-0.25, -0.2) is 4.98 Å². The third-order valence-electron chi connectivity index (χ3n) is 7.23. The van der Waals surface area contributed by atoms with Crippen LogP contribution in [0.25, 0.3) is 12.2 Å². The Morgan fingerprint density at radius 1 is 1.12 bits per heavy atom. The van der Waals surface area contributed by atoms with E-state index in [2.05, 4.69) is 4.98 Å². The molecule has 0 bridgehead atoms. The Morgan fingerprint density at radius 2 is 1.88 bits per heavy atom. The van der Waals surface area contributed by atoms with Crippen molar-refractivity contribution in [3.8, 4) is 17.4 Å². The summed E-state index contributed by atoms with van der Waals surface area (Å²) in [6, 6.07) is 16.3. The number of hydrogen-bond acceptors (Lipinski definition) is 7. The molecular formula is C31H33N3O6. The van der Waals surface area contributed by atoms with Crippen LogP contribution in [0.15, 0.2) is 60.8 Å². The average Bonchev–Trinajstić information content (AvgIpc) is 3.45. The highest BCUT2D eigenvalue weighted by Gasteiger charge is 2.35. The highest BCUT2D eigenvalue weighted by molar-refractivity contribution is 5.97. The van der Waals surface area contributed by atoms with Gasteiger partial charge in [0.05, 0.1) is 19.2 Å². The number of rotatable bonds is 7.